The van der Waals surface area contributed by atoms with E-state index in [1.54, 1.807) is 6.07 Å². The van der Waals surface area contributed by atoms with Crippen LogP contribution in [0.4, 0.5) is 5.82 Å². The minimum absolute atomic E-state index is 0.155. The van der Waals surface area contributed by atoms with Gasteiger partial charge in [-0.3, -0.25) is 0 Å². The summed E-state index contributed by atoms with van der Waals surface area (Å²) in [6.45, 7) is 2.03. The zero-order valence-corrected chi connectivity index (χ0v) is 9.75. The van der Waals surface area contributed by atoms with Crippen LogP contribution < -0.4 is 5.32 Å². The largest absolute Gasteiger partial charge is 0.366 e. The van der Waals surface area contributed by atoms with Crippen LogP contribution in [0.5, 0.6) is 0 Å². The van der Waals surface area contributed by atoms with Crippen molar-refractivity contribution in [3.63, 3.8) is 0 Å². The summed E-state index contributed by atoms with van der Waals surface area (Å²) >= 11 is 5.79. The Hall–Kier alpha value is -1.71. The van der Waals surface area contributed by atoms with Crippen molar-refractivity contribution in [3.05, 3.63) is 22.8 Å². The summed E-state index contributed by atoms with van der Waals surface area (Å²) in [5.74, 6) is 3.18. The smallest absolute Gasteiger partial charge is 0.132 e. The number of halogens is 1. The third-order valence-corrected chi connectivity index (χ3v) is 2.33. The van der Waals surface area contributed by atoms with Gasteiger partial charge in [0, 0.05) is 12.5 Å². The van der Waals surface area contributed by atoms with Crippen LogP contribution in [0.15, 0.2) is 12.1 Å². The van der Waals surface area contributed by atoms with Crippen LogP contribution in [-0.4, -0.2) is 11.0 Å². The van der Waals surface area contributed by atoms with Gasteiger partial charge in [0.1, 0.15) is 11.0 Å². The first-order valence-electron chi connectivity index (χ1n) is 4.97. The van der Waals surface area contributed by atoms with Crippen molar-refractivity contribution in [2.24, 2.45) is 0 Å². The van der Waals surface area contributed by atoms with Crippen molar-refractivity contribution >= 4 is 17.4 Å². The van der Waals surface area contributed by atoms with Crippen LogP contribution in [0.3, 0.4) is 0 Å². The van der Waals surface area contributed by atoms with Crippen LogP contribution in [0.1, 0.15) is 25.3 Å². The number of nitrogens with one attached hydrogen (secondary N) is 1. The van der Waals surface area contributed by atoms with Crippen LogP contribution in [0, 0.1) is 23.7 Å². The summed E-state index contributed by atoms with van der Waals surface area (Å²) in [6.07, 6.45) is 6.76. The number of nitrogens with zero attached hydrogens (tertiary/aromatic N) is 2. The molecule has 0 bridgehead atoms. The first kappa shape index (κ1) is 12.4. The van der Waals surface area contributed by atoms with Crippen molar-refractivity contribution in [2.75, 3.05) is 5.32 Å². The molecule has 16 heavy (non-hydrogen) atoms. The van der Waals surface area contributed by atoms with Crippen LogP contribution in [-0.2, 0) is 0 Å². The SMILES string of the molecule is C#CCC(CC)Nc1cc(C#N)cc(Cl)n1. The van der Waals surface area contributed by atoms with Gasteiger partial charge < -0.3 is 5.32 Å². The van der Waals surface area contributed by atoms with Gasteiger partial charge >= 0.3 is 0 Å². The molecule has 0 saturated carbocycles. The Bertz CT molecular complexity index is 443. The van der Waals surface area contributed by atoms with E-state index in [4.69, 9.17) is 23.3 Å². The van der Waals surface area contributed by atoms with Gasteiger partial charge in [-0.2, -0.15) is 5.26 Å². The maximum absolute atomic E-state index is 8.78. The lowest BCUT2D eigenvalue weighted by Crippen LogP contribution is -2.18. The molecule has 0 fully saturated rings. The minimum atomic E-state index is 0.155. The second-order valence-corrected chi connectivity index (χ2v) is 3.72. The van der Waals surface area contributed by atoms with Crippen LogP contribution in [0.25, 0.3) is 0 Å². The van der Waals surface area contributed by atoms with E-state index in [9.17, 15) is 0 Å². The highest BCUT2D eigenvalue weighted by atomic mass is 35.5. The highest BCUT2D eigenvalue weighted by Gasteiger charge is 2.07. The fourth-order valence-electron chi connectivity index (χ4n) is 1.28. The molecule has 82 valence electrons. The Labute approximate surface area is 100 Å². The quantitative estimate of drug-likeness (QED) is 0.643. The fraction of sp³-hybridized carbons (Fsp3) is 0.333. The first-order valence-corrected chi connectivity index (χ1v) is 5.35. The number of pyridine rings is 1. The van der Waals surface area contributed by atoms with Gasteiger partial charge in [-0.05, 0) is 18.6 Å². The number of hydrogen-bond donors (Lipinski definition) is 1. The number of anilines is 1. The summed E-state index contributed by atoms with van der Waals surface area (Å²) in [4.78, 5) is 4.09. The van der Waals surface area contributed by atoms with Crippen LogP contribution in [0.2, 0.25) is 5.15 Å². The molecule has 1 aromatic heterocycles. The lowest BCUT2D eigenvalue weighted by atomic mass is 10.1. The lowest BCUT2D eigenvalue weighted by Gasteiger charge is -2.14. The second-order valence-electron chi connectivity index (χ2n) is 3.33. The molecule has 1 unspecified atom stereocenters. The summed E-state index contributed by atoms with van der Waals surface area (Å²) in [6, 6.07) is 5.36. The average Bonchev–Trinajstić information content (AvgIpc) is 2.27. The number of aromatic nitrogens is 1. The molecule has 0 aromatic carbocycles. The Morgan fingerprint density at radius 1 is 1.62 bits per heavy atom. The van der Waals surface area contributed by atoms with Crippen molar-refractivity contribution < 1.29 is 0 Å². The average molecular weight is 234 g/mol. The number of hydrogen-bond acceptors (Lipinski definition) is 3. The third-order valence-electron chi connectivity index (χ3n) is 2.13. The zero-order chi connectivity index (χ0) is 12.0. The molecule has 3 nitrogen and oxygen atoms in total. The second kappa shape index (κ2) is 6.00. The predicted octanol–water partition coefficient (Wildman–Crippen LogP) is 2.82. The predicted molar refractivity (Wildman–Crippen MR) is 65.1 cm³/mol. The molecule has 0 aliphatic carbocycles. The van der Waals surface area contributed by atoms with E-state index in [1.807, 2.05) is 13.0 Å². The standard InChI is InChI=1S/C12H12ClN3/c1-3-5-10(4-2)15-12-7-9(8-14)6-11(13)16-12/h1,6-7,10H,4-5H2,2H3,(H,15,16). The van der Waals surface area contributed by atoms with Gasteiger partial charge in [-0.15, -0.1) is 12.3 Å². The highest BCUT2D eigenvalue weighted by Crippen LogP contribution is 2.15. The molecule has 4 heteroatoms. The molecule has 1 rings (SSSR count). The van der Waals surface area contributed by atoms with Gasteiger partial charge in [0.05, 0.1) is 11.6 Å². The minimum Gasteiger partial charge on any atom is -0.366 e. The van der Waals surface area contributed by atoms with E-state index >= 15 is 0 Å². The van der Waals surface area contributed by atoms with E-state index in [0.717, 1.165) is 6.42 Å². The van der Waals surface area contributed by atoms with E-state index < -0.39 is 0 Å². The van der Waals surface area contributed by atoms with Gasteiger partial charge in [-0.1, -0.05) is 18.5 Å². The molecular formula is C12H12ClN3. The fourth-order valence-corrected chi connectivity index (χ4v) is 1.49. The van der Waals surface area contributed by atoms with Crippen molar-refractivity contribution in [2.45, 2.75) is 25.8 Å². The normalized spacial score (nSPS) is 11.2. The Morgan fingerprint density at radius 3 is 2.94 bits per heavy atom. The molecule has 0 aliphatic heterocycles. The molecule has 0 radical (unpaired) electrons. The van der Waals surface area contributed by atoms with E-state index in [2.05, 4.69) is 16.2 Å². The number of nitriles is 1. The van der Waals surface area contributed by atoms with E-state index in [0.29, 0.717) is 23.0 Å². The molecule has 0 aliphatic rings. The molecule has 1 heterocycles. The molecule has 0 spiro atoms. The maximum atomic E-state index is 8.78. The van der Waals surface area contributed by atoms with E-state index in [-0.39, 0.29) is 6.04 Å². The summed E-state index contributed by atoms with van der Waals surface area (Å²) in [5, 5.41) is 12.2. The third kappa shape index (κ3) is 3.46. The van der Waals surface area contributed by atoms with Crippen molar-refractivity contribution in [1.29, 1.82) is 5.26 Å². The van der Waals surface area contributed by atoms with Crippen molar-refractivity contribution in [3.8, 4) is 18.4 Å². The van der Waals surface area contributed by atoms with Gasteiger partial charge in [0.2, 0.25) is 0 Å². The summed E-state index contributed by atoms with van der Waals surface area (Å²) in [7, 11) is 0. The monoisotopic (exact) mass is 233 g/mol. The first-order chi connectivity index (χ1) is 7.69. The molecule has 0 saturated heterocycles. The maximum Gasteiger partial charge on any atom is 0.132 e. The zero-order valence-electron chi connectivity index (χ0n) is 9.00. The molecule has 0 amide bonds. The molecule has 1 N–H and O–H groups in total. The van der Waals surface area contributed by atoms with Crippen molar-refractivity contribution in [1.82, 2.24) is 4.98 Å². The summed E-state index contributed by atoms with van der Waals surface area (Å²) < 4.78 is 0. The molecule has 1 aromatic rings. The Kier molecular flexibility index (Phi) is 4.64. The number of rotatable bonds is 4. The molecular weight excluding hydrogens is 222 g/mol. The number of terminal acetylenes is 1. The van der Waals surface area contributed by atoms with Gasteiger partial charge in [0.25, 0.3) is 0 Å². The Balaban J connectivity index is 2.85. The molecule has 1 atom stereocenters. The summed E-state index contributed by atoms with van der Waals surface area (Å²) in [5.41, 5.74) is 0.484. The van der Waals surface area contributed by atoms with E-state index in [1.165, 1.54) is 6.07 Å². The van der Waals surface area contributed by atoms with Crippen LogP contribution >= 0.6 is 11.6 Å². The topological polar surface area (TPSA) is 48.7 Å². The highest BCUT2D eigenvalue weighted by molar-refractivity contribution is 6.29. The Morgan fingerprint density at radius 2 is 2.38 bits per heavy atom. The van der Waals surface area contributed by atoms with Gasteiger partial charge in [-0.25, -0.2) is 4.98 Å². The van der Waals surface area contributed by atoms with Gasteiger partial charge in [0.15, 0.2) is 0 Å². The lowest BCUT2D eigenvalue weighted by molar-refractivity contribution is 0.711.